The molecule has 1 saturated heterocycles. The number of halogens is 3. The van der Waals surface area contributed by atoms with Gasteiger partial charge in [-0.1, -0.05) is 50.2 Å². The second-order valence-electron chi connectivity index (χ2n) is 7.80. The highest BCUT2D eigenvalue weighted by atomic mass is 19.4. The first-order chi connectivity index (χ1) is 14.5. The first kappa shape index (κ1) is 23.1. The summed E-state index contributed by atoms with van der Waals surface area (Å²) >= 11 is 0. The highest BCUT2D eigenvalue weighted by Gasteiger charge is 2.33. The van der Waals surface area contributed by atoms with Crippen molar-refractivity contribution in [2.45, 2.75) is 39.3 Å². The molecule has 3 aromatic rings. The van der Waals surface area contributed by atoms with Crippen molar-refractivity contribution in [2.75, 3.05) is 31.5 Å². The van der Waals surface area contributed by atoms with Crippen LogP contribution in [0, 0.1) is 0 Å². The Balaban J connectivity index is 0.00000272. The van der Waals surface area contributed by atoms with Crippen LogP contribution < -0.4 is 5.32 Å². The molecule has 1 fully saturated rings. The van der Waals surface area contributed by atoms with Crippen LogP contribution in [0.15, 0.2) is 54.6 Å². The molecule has 1 aliphatic rings. The van der Waals surface area contributed by atoms with E-state index in [-0.39, 0.29) is 13.0 Å². The van der Waals surface area contributed by atoms with E-state index in [9.17, 15) is 13.2 Å². The summed E-state index contributed by atoms with van der Waals surface area (Å²) in [5.74, 6) is 0. The van der Waals surface area contributed by atoms with Gasteiger partial charge in [0.25, 0.3) is 0 Å². The van der Waals surface area contributed by atoms with Gasteiger partial charge in [0.2, 0.25) is 0 Å². The number of aromatic nitrogens is 1. The maximum absolute atomic E-state index is 13.5. The number of hydrogen-bond acceptors (Lipinski definition) is 3. The van der Waals surface area contributed by atoms with Crippen molar-refractivity contribution in [2.24, 2.45) is 0 Å². The molecule has 0 unspecified atom stereocenters. The summed E-state index contributed by atoms with van der Waals surface area (Å²) in [7, 11) is 0. The number of nitrogens with zero attached hydrogens (tertiary/aromatic N) is 2. The normalized spacial score (nSPS) is 14.9. The first-order valence-corrected chi connectivity index (χ1v) is 10.5. The van der Waals surface area contributed by atoms with Crippen LogP contribution in [0.3, 0.4) is 0 Å². The van der Waals surface area contributed by atoms with Crippen LogP contribution in [0.1, 0.15) is 38.7 Å². The average Bonchev–Trinajstić information content (AvgIpc) is 2.76. The summed E-state index contributed by atoms with van der Waals surface area (Å²) in [5.41, 5.74) is 1.29. The number of piperidine rings is 1. The van der Waals surface area contributed by atoms with Crippen molar-refractivity contribution in [3.63, 3.8) is 0 Å². The van der Waals surface area contributed by atoms with Gasteiger partial charge in [0.05, 0.1) is 16.8 Å². The molecule has 6 heteroatoms. The molecule has 3 nitrogen and oxygen atoms in total. The van der Waals surface area contributed by atoms with Gasteiger partial charge in [-0.15, -0.1) is 0 Å². The van der Waals surface area contributed by atoms with Gasteiger partial charge >= 0.3 is 6.18 Å². The van der Waals surface area contributed by atoms with Crippen LogP contribution in [-0.4, -0.2) is 36.1 Å². The molecule has 0 saturated carbocycles. The Labute approximate surface area is 182 Å². The van der Waals surface area contributed by atoms with Crippen LogP contribution in [0.2, 0.25) is 0 Å². The standard InChI is InChI=1S/C24H26F3N3.CH4/c25-24(26,27)20-11-4-2-9-18(20)23-17-22(19-10-3-5-12-21(19)29-23)28-13-8-16-30-14-6-1-7-15-30;/h2-5,9-12,17H,1,6-8,13-16H2,(H,28,29);1H4. The summed E-state index contributed by atoms with van der Waals surface area (Å²) in [5, 5.41) is 4.37. The lowest BCUT2D eigenvalue weighted by Gasteiger charge is -2.26. The van der Waals surface area contributed by atoms with Crippen molar-refractivity contribution in [1.29, 1.82) is 0 Å². The van der Waals surface area contributed by atoms with Gasteiger partial charge in [-0.25, -0.2) is 4.98 Å². The Kier molecular flexibility index (Phi) is 7.55. The molecule has 1 aromatic heterocycles. The number of nitrogens with one attached hydrogen (secondary N) is 1. The van der Waals surface area contributed by atoms with Crippen molar-refractivity contribution < 1.29 is 13.2 Å². The van der Waals surface area contributed by atoms with E-state index in [2.05, 4.69) is 15.2 Å². The van der Waals surface area contributed by atoms with Crippen LogP contribution in [-0.2, 0) is 6.18 Å². The molecule has 0 atom stereocenters. The van der Waals surface area contributed by atoms with Crippen molar-refractivity contribution in [3.05, 3.63) is 60.2 Å². The number of para-hydroxylation sites is 1. The Hall–Kier alpha value is -2.60. The Morgan fingerprint density at radius 3 is 2.42 bits per heavy atom. The third-order valence-electron chi connectivity index (χ3n) is 5.64. The van der Waals surface area contributed by atoms with Gasteiger partial charge in [0, 0.05) is 23.2 Å². The summed E-state index contributed by atoms with van der Waals surface area (Å²) in [6, 6.07) is 14.9. The lowest BCUT2D eigenvalue weighted by atomic mass is 10.0. The maximum atomic E-state index is 13.5. The van der Waals surface area contributed by atoms with Crippen molar-refractivity contribution >= 4 is 16.6 Å². The van der Waals surface area contributed by atoms with Crippen LogP contribution in [0.5, 0.6) is 0 Å². The molecule has 166 valence electrons. The molecular weight excluding hydrogens is 399 g/mol. The summed E-state index contributed by atoms with van der Waals surface area (Å²) in [6.07, 6.45) is 0.422. The van der Waals surface area contributed by atoms with E-state index < -0.39 is 11.7 Å². The average molecular weight is 430 g/mol. The predicted octanol–water partition coefficient (Wildman–Crippen LogP) is 6.84. The summed E-state index contributed by atoms with van der Waals surface area (Å²) in [4.78, 5) is 7.02. The van der Waals surface area contributed by atoms with E-state index in [1.807, 2.05) is 24.3 Å². The fraction of sp³-hybridized carbons (Fsp3) is 0.400. The first-order valence-electron chi connectivity index (χ1n) is 10.5. The number of alkyl halides is 3. The predicted molar refractivity (Wildman–Crippen MR) is 122 cm³/mol. The molecule has 2 heterocycles. The Morgan fingerprint density at radius 1 is 0.935 bits per heavy atom. The zero-order chi connectivity index (χ0) is 21.0. The number of benzene rings is 2. The molecule has 0 aliphatic carbocycles. The molecule has 0 amide bonds. The molecule has 31 heavy (non-hydrogen) atoms. The van der Waals surface area contributed by atoms with Crippen LogP contribution in [0.25, 0.3) is 22.2 Å². The van der Waals surface area contributed by atoms with E-state index in [4.69, 9.17) is 0 Å². The van der Waals surface area contributed by atoms with Crippen molar-refractivity contribution in [3.8, 4) is 11.3 Å². The lowest BCUT2D eigenvalue weighted by molar-refractivity contribution is -0.137. The molecule has 0 radical (unpaired) electrons. The Morgan fingerprint density at radius 2 is 1.65 bits per heavy atom. The van der Waals surface area contributed by atoms with Gasteiger partial charge in [-0.3, -0.25) is 0 Å². The fourth-order valence-electron chi connectivity index (χ4n) is 4.12. The quantitative estimate of drug-likeness (QED) is 0.435. The smallest absolute Gasteiger partial charge is 0.384 e. The zero-order valence-corrected chi connectivity index (χ0v) is 16.9. The zero-order valence-electron chi connectivity index (χ0n) is 16.9. The van der Waals surface area contributed by atoms with Crippen molar-refractivity contribution in [1.82, 2.24) is 9.88 Å². The van der Waals surface area contributed by atoms with Crippen LogP contribution >= 0.6 is 0 Å². The second kappa shape index (κ2) is 10.1. The highest BCUT2D eigenvalue weighted by molar-refractivity contribution is 5.94. The summed E-state index contributed by atoms with van der Waals surface area (Å²) < 4.78 is 40.6. The van der Waals surface area contributed by atoms with E-state index >= 15 is 0 Å². The molecule has 0 bridgehead atoms. The molecule has 2 aromatic carbocycles. The number of hydrogen-bond donors (Lipinski definition) is 1. The maximum Gasteiger partial charge on any atom is 0.417 e. The number of fused-ring (bicyclic) bond motifs is 1. The number of rotatable bonds is 6. The molecule has 0 spiro atoms. The number of pyridine rings is 1. The number of anilines is 1. The Bertz CT molecular complexity index is 995. The van der Waals surface area contributed by atoms with E-state index in [0.717, 1.165) is 49.7 Å². The third kappa shape index (κ3) is 5.56. The molecule has 1 aliphatic heterocycles. The van der Waals surface area contributed by atoms with E-state index in [0.29, 0.717) is 11.2 Å². The minimum Gasteiger partial charge on any atom is -0.384 e. The lowest BCUT2D eigenvalue weighted by Crippen LogP contribution is -2.31. The minimum atomic E-state index is -4.42. The number of likely N-dealkylation sites (tertiary alicyclic amines) is 1. The van der Waals surface area contributed by atoms with Gasteiger partial charge in [0.1, 0.15) is 0 Å². The van der Waals surface area contributed by atoms with Gasteiger partial charge in [0.15, 0.2) is 0 Å². The largest absolute Gasteiger partial charge is 0.417 e. The topological polar surface area (TPSA) is 28.2 Å². The molecular formula is C25H30F3N3. The molecule has 4 rings (SSSR count). The monoisotopic (exact) mass is 429 g/mol. The summed E-state index contributed by atoms with van der Waals surface area (Å²) in [6.45, 7) is 4.14. The van der Waals surface area contributed by atoms with Crippen LogP contribution in [0.4, 0.5) is 18.9 Å². The highest BCUT2D eigenvalue weighted by Crippen LogP contribution is 2.38. The fourth-order valence-corrected chi connectivity index (χ4v) is 4.12. The third-order valence-corrected chi connectivity index (χ3v) is 5.64. The minimum absolute atomic E-state index is 0. The second-order valence-corrected chi connectivity index (χ2v) is 7.80. The van der Waals surface area contributed by atoms with Gasteiger partial charge < -0.3 is 10.2 Å². The van der Waals surface area contributed by atoms with Gasteiger partial charge in [-0.2, -0.15) is 13.2 Å². The molecule has 1 N–H and O–H groups in total. The van der Waals surface area contributed by atoms with E-state index in [1.54, 1.807) is 12.1 Å². The van der Waals surface area contributed by atoms with E-state index in [1.165, 1.54) is 31.4 Å². The van der Waals surface area contributed by atoms with Gasteiger partial charge in [-0.05, 0) is 57.1 Å². The SMILES string of the molecule is C.FC(F)(F)c1ccccc1-c1cc(NCCCN2CCCCC2)c2ccccc2n1.